The minimum absolute atomic E-state index is 0.0972. The topological polar surface area (TPSA) is 71.1 Å². The Morgan fingerprint density at radius 1 is 1.03 bits per heavy atom. The quantitative estimate of drug-likeness (QED) is 0.407. The van der Waals surface area contributed by atoms with E-state index in [0.29, 0.717) is 23.4 Å². The van der Waals surface area contributed by atoms with Crippen molar-refractivity contribution in [3.8, 4) is 0 Å². The van der Waals surface area contributed by atoms with Crippen LogP contribution in [-0.4, -0.2) is 16.8 Å². The van der Waals surface area contributed by atoms with Crippen LogP contribution >= 0.6 is 0 Å². The van der Waals surface area contributed by atoms with E-state index in [4.69, 9.17) is 0 Å². The van der Waals surface area contributed by atoms with Crippen molar-refractivity contribution in [3.05, 3.63) is 95.1 Å². The van der Waals surface area contributed by atoms with Gasteiger partial charge in [-0.3, -0.25) is 14.6 Å². The van der Waals surface area contributed by atoms with E-state index in [-0.39, 0.29) is 11.3 Å². The SMILES string of the molecule is Cc1ccc(C(=O)Nc2ccc(F)c(C(F)(F)F)c2)cc1NC(=O)/C=C/c1cccnc1. The van der Waals surface area contributed by atoms with Crippen molar-refractivity contribution < 1.29 is 27.2 Å². The summed E-state index contributed by atoms with van der Waals surface area (Å²) in [5, 5.41) is 4.96. The van der Waals surface area contributed by atoms with E-state index in [2.05, 4.69) is 15.6 Å². The summed E-state index contributed by atoms with van der Waals surface area (Å²) in [4.78, 5) is 28.7. The van der Waals surface area contributed by atoms with Gasteiger partial charge in [0.25, 0.3) is 5.91 Å². The van der Waals surface area contributed by atoms with Crippen LogP contribution in [0.3, 0.4) is 0 Å². The van der Waals surface area contributed by atoms with Crippen molar-refractivity contribution in [2.75, 3.05) is 10.6 Å². The normalized spacial score (nSPS) is 11.4. The fraction of sp³-hybridized carbons (Fsp3) is 0.0870. The summed E-state index contributed by atoms with van der Waals surface area (Å²) in [6, 6.07) is 10.1. The molecule has 164 valence electrons. The summed E-state index contributed by atoms with van der Waals surface area (Å²) < 4.78 is 52.1. The number of nitrogens with zero attached hydrogens (tertiary/aromatic N) is 1. The first-order chi connectivity index (χ1) is 15.1. The number of carbonyl (C=O) groups is 2. The summed E-state index contributed by atoms with van der Waals surface area (Å²) >= 11 is 0. The molecule has 1 heterocycles. The number of rotatable bonds is 5. The second-order valence-corrected chi connectivity index (χ2v) is 6.79. The number of alkyl halides is 3. The number of halogens is 4. The maximum Gasteiger partial charge on any atom is 0.419 e. The summed E-state index contributed by atoms with van der Waals surface area (Å²) in [5.74, 6) is -2.59. The van der Waals surface area contributed by atoms with Crippen LogP contribution in [0.2, 0.25) is 0 Å². The minimum Gasteiger partial charge on any atom is -0.322 e. The van der Waals surface area contributed by atoms with E-state index in [1.807, 2.05) is 0 Å². The zero-order valence-electron chi connectivity index (χ0n) is 16.7. The molecule has 0 saturated heterocycles. The van der Waals surface area contributed by atoms with Crippen molar-refractivity contribution >= 4 is 29.3 Å². The number of aromatic nitrogens is 1. The van der Waals surface area contributed by atoms with E-state index in [0.717, 1.165) is 11.6 Å². The van der Waals surface area contributed by atoms with Crippen molar-refractivity contribution in [1.29, 1.82) is 0 Å². The van der Waals surface area contributed by atoms with E-state index in [9.17, 15) is 27.2 Å². The van der Waals surface area contributed by atoms with E-state index >= 15 is 0 Å². The molecular weight excluding hydrogens is 426 g/mol. The lowest BCUT2D eigenvalue weighted by Gasteiger charge is -2.12. The molecule has 0 fully saturated rings. The summed E-state index contributed by atoms with van der Waals surface area (Å²) in [7, 11) is 0. The first-order valence-corrected chi connectivity index (χ1v) is 9.31. The number of amides is 2. The van der Waals surface area contributed by atoms with Crippen molar-refractivity contribution in [2.45, 2.75) is 13.1 Å². The van der Waals surface area contributed by atoms with Gasteiger partial charge in [-0.05, 0) is 60.5 Å². The van der Waals surface area contributed by atoms with Gasteiger partial charge < -0.3 is 10.6 Å². The van der Waals surface area contributed by atoms with Crippen LogP contribution in [0.15, 0.2) is 67.0 Å². The van der Waals surface area contributed by atoms with Crippen LogP contribution in [0.4, 0.5) is 28.9 Å². The van der Waals surface area contributed by atoms with Gasteiger partial charge in [0, 0.05) is 35.4 Å². The van der Waals surface area contributed by atoms with Gasteiger partial charge in [0.2, 0.25) is 5.91 Å². The fourth-order valence-electron chi connectivity index (χ4n) is 2.74. The highest BCUT2D eigenvalue weighted by molar-refractivity contribution is 6.07. The van der Waals surface area contributed by atoms with Gasteiger partial charge in [-0.15, -0.1) is 0 Å². The number of nitrogens with one attached hydrogen (secondary N) is 2. The number of carbonyl (C=O) groups excluding carboxylic acids is 2. The van der Waals surface area contributed by atoms with Crippen LogP contribution in [0.1, 0.15) is 27.0 Å². The molecule has 9 heteroatoms. The molecule has 2 N–H and O–H groups in total. The van der Waals surface area contributed by atoms with E-state index in [1.54, 1.807) is 43.6 Å². The number of anilines is 2. The standard InChI is InChI=1S/C23H17F4N3O2/c1-14-4-6-16(11-20(14)30-21(31)9-5-15-3-2-10-28-13-15)22(32)29-17-7-8-19(24)18(12-17)23(25,26)27/h2-13H,1H3,(H,29,32)(H,30,31)/b9-5+. The number of hydrogen-bond donors (Lipinski definition) is 2. The first kappa shape index (κ1) is 22.7. The van der Waals surface area contributed by atoms with Crippen molar-refractivity contribution in [2.24, 2.45) is 0 Å². The van der Waals surface area contributed by atoms with Crippen molar-refractivity contribution in [3.63, 3.8) is 0 Å². The number of hydrogen-bond acceptors (Lipinski definition) is 3. The minimum atomic E-state index is -4.89. The zero-order chi connectivity index (χ0) is 23.3. The van der Waals surface area contributed by atoms with Gasteiger partial charge in [0.1, 0.15) is 5.82 Å². The molecule has 32 heavy (non-hydrogen) atoms. The van der Waals surface area contributed by atoms with E-state index in [1.165, 1.54) is 18.2 Å². The third-order valence-corrected chi connectivity index (χ3v) is 4.40. The van der Waals surface area contributed by atoms with Crippen LogP contribution in [0.25, 0.3) is 6.08 Å². The Labute approximate surface area is 180 Å². The van der Waals surface area contributed by atoms with Crippen LogP contribution in [0, 0.1) is 12.7 Å². The van der Waals surface area contributed by atoms with Crippen molar-refractivity contribution in [1.82, 2.24) is 4.98 Å². The third-order valence-electron chi connectivity index (χ3n) is 4.40. The highest BCUT2D eigenvalue weighted by atomic mass is 19.4. The highest BCUT2D eigenvalue weighted by Gasteiger charge is 2.34. The number of aryl methyl sites for hydroxylation is 1. The van der Waals surface area contributed by atoms with Crippen LogP contribution in [-0.2, 0) is 11.0 Å². The van der Waals surface area contributed by atoms with Gasteiger partial charge in [-0.1, -0.05) is 12.1 Å². The lowest BCUT2D eigenvalue weighted by molar-refractivity contribution is -0.139. The van der Waals surface area contributed by atoms with Crippen LogP contribution < -0.4 is 10.6 Å². The number of pyridine rings is 1. The number of benzene rings is 2. The molecule has 0 aliphatic rings. The molecule has 0 aliphatic carbocycles. The van der Waals surface area contributed by atoms with Gasteiger partial charge >= 0.3 is 6.18 Å². The Bertz CT molecular complexity index is 1180. The molecule has 0 spiro atoms. The summed E-state index contributed by atoms with van der Waals surface area (Å²) in [6.07, 6.45) is 1.17. The predicted molar refractivity (Wildman–Crippen MR) is 112 cm³/mol. The molecule has 3 aromatic rings. The smallest absolute Gasteiger partial charge is 0.322 e. The molecule has 2 amide bonds. The Balaban J connectivity index is 1.74. The molecule has 1 aromatic heterocycles. The Hall–Kier alpha value is -4.01. The average molecular weight is 443 g/mol. The molecule has 2 aromatic carbocycles. The maximum atomic E-state index is 13.4. The largest absolute Gasteiger partial charge is 0.419 e. The maximum absolute atomic E-state index is 13.4. The Morgan fingerprint density at radius 3 is 2.50 bits per heavy atom. The van der Waals surface area contributed by atoms with Crippen LogP contribution in [0.5, 0.6) is 0 Å². The molecule has 0 saturated carbocycles. The Kier molecular flexibility index (Phi) is 6.67. The third kappa shape index (κ3) is 5.78. The lowest BCUT2D eigenvalue weighted by atomic mass is 10.1. The molecule has 0 unspecified atom stereocenters. The fourth-order valence-corrected chi connectivity index (χ4v) is 2.74. The average Bonchev–Trinajstić information content (AvgIpc) is 2.75. The highest BCUT2D eigenvalue weighted by Crippen LogP contribution is 2.33. The molecule has 0 bridgehead atoms. The lowest BCUT2D eigenvalue weighted by Crippen LogP contribution is -2.15. The molecule has 0 atom stereocenters. The molecular formula is C23H17F4N3O2. The summed E-state index contributed by atoms with van der Waals surface area (Å²) in [6.45, 7) is 1.72. The second kappa shape index (κ2) is 9.42. The molecule has 5 nitrogen and oxygen atoms in total. The first-order valence-electron chi connectivity index (χ1n) is 9.31. The predicted octanol–water partition coefficient (Wildman–Crippen LogP) is 5.45. The molecule has 0 radical (unpaired) electrons. The molecule has 3 rings (SSSR count). The van der Waals surface area contributed by atoms with Gasteiger partial charge in [0.05, 0.1) is 5.56 Å². The molecule has 0 aliphatic heterocycles. The monoisotopic (exact) mass is 443 g/mol. The van der Waals surface area contributed by atoms with Gasteiger partial charge in [-0.25, -0.2) is 4.39 Å². The van der Waals surface area contributed by atoms with Gasteiger partial charge in [-0.2, -0.15) is 13.2 Å². The van der Waals surface area contributed by atoms with E-state index < -0.39 is 29.4 Å². The van der Waals surface area contributed by atoms with Gasteiger partial charge in [0.15, 0.2) is 0 Å². The zero-order valence-corrected chi connectivity index (χ0v) is 16.7. The summed E-state index contributed by atoms with van der Waals surface area (Å²) in [5.41, 5.74) is 0.159. The Morgan fingerprint density at radius 2 is 1.81 bits per heavy atom. The second-order valence-electron chi connectivity index (χ2n) is 6.79.